The monoisotopic (exact) mass is 354 g/mol. The molecule has 1 aliphatic heterocycles. The van der Waals surface area contributed by atoms with E-state index in [2.05, 4.69) is 0 Å². The highest BCUT2D eigenvalue weighted by Gasteiger charge is 2.47. The largest absolute Gasteiger partial charge is 0.480 e. The van der Waals surface area contributed by atoms with E-state index in [9.17, 15) is 19.5 Å². The molecule has 0 spiro atoms. The minimum Gasteiger partial charge on any atom is -0.480 e. The summed E-state index contributed by atoms with van der Waals surface area (Å²) < 4.78 is 1.74. The number of likely N-dealkylation sites (tertiary alicyclic amines) is 1. The van der Waals surface area contributed by atoms with Crippen LogP contribution in [-0.2, 0) is 16.1 Å². The first-order valence-electron chi connectivity index (χ1n) is 9.18. The SMILES string of the molecule is O=C(O)[C@@H]1C[C@H]2CCCC[C@@H]2N1C(=O)Cn1ccc(=O)c2ccccc21. The molecule has 1 saturated heterocycles. The molecule has 26 heavy (non-hydrogen) atoms. The van der Waals surface area contributed by atoms with Crippen molar-refractivity contribution in [3.8, 4) is 0 Å². The van der Waals surface area contributed by atoms with E-state index in [1.807, 2.05) is 12.1 Å². The number of benzene rings is 1. The average Bonchev–Trinajstić information content (AvgIpc) is 3.04. The molecule has 2 fully saturated rings. The van der Waals surface area contributed by atoms with Crippen molar-refractivity contribution in [2.24, 2.45) is 5.92 Å². The molecule has 4 rings (SSSR count). The quantitative estimate of drug-likeness (QED) is 0.917. The summed E-state index contributed by atoms with van der Waals surface area (Å²) in [5, 5.41) is 10.2. The van der Waals surface area contributed by atoms with Crippen LogP contribution in [0.1, 0.15) is 32.1 Å². The maximum absolute atomic E-state index is 13.1. The van der Waals surface area contributed by atoms with Crippen molar-refractivity contribution in [1.29, 1.82) is 0 Å². The van der Waals surface area contributed by atoms with Gasteiger partial charge in [0, 0.05) is 23.7 Å². The summed E-state index contributed by atoms with van der Waals surface area (Å²) in [4.78, 5) is 38.4. The van der Waals surface area contributed by atoms with Crippen LogP contribution in [0.3, 0.4) is 0 Å². The number of carbonyl (C=O) groups is 2. The first-order chi connectivity index (χ1) is 12.6. The fraction of sp³-hybridized carbons (Fsp3) is 0.450. The fourth-order valence-corrected chi connectivity index (χ4v) is 4.66. The second-order valence-corrected chi connectivity index (χ2v) is 7.33. The summed E-state index contributed by atoms with van der Waals surface area (Å²) in [5.74, 6) is -0.808. The van der Waals surface area contributed by atoms with Gasteiger partial charge in [0.2, 0.25) is 5.91 Å². The molecule has 1 aromatic heterocycles. The van der Waals surface area contributed by atoms with Gasteiger partial charge in [0.25, 0.3) is 0 Å². The molecule has 6 heteroatoms. The minimum atomic E-state index is -0.919. The molecule has 2 aromatic rings. The Morgan fingerprint density at radius 1 is 1.12 bits per heavy atom. The summed E-state index contributed by atoms with van der Waals surface area (Å²) in [5.41, 5.74) is 0.612. The fourth-order valence-electron chi connectivity index (χ4n) is 4.66. The van der Waals surface area contributed by atoms with Crippen molar-refractivity contribution >= 4 is 22.8 Å². The van der Waals surface area contributed by atoms with E-state index < -0.39 is 12.0 Å². The van der Waals surface area contributed by atoms with Crippen LogP contribution < -0.4 is 5.43 Å². The summed E-state index contributed by atoms with van der Waals surface area (Å²) in [6.07, 6.45) is 6.20. The molecule has 1 aliphatic carbocycles. The lowest BCUT2D eigenvalue weighted by molar-refractivity contribution is -0.150. The van der Waals surface area contributed by atoms with Crippen LogP contribution in [0, 0.1) is 5.92 Å². The van der Waals surface area contributed by atoms with E-state index in [0.717, 1.165) is 25.7 Å². The number of hydrogen-bond acceptors (Lipinski definition) is 3. The summed E-state index contributed by atoms with van der Waals surface area (Å²) in [6, 6.07) is 7.93. The van der Waals surface area contributed by atoms with E-state index in [1.54, 1.807) is 27.8 Å². The third-order valence-electron chi connectivity index (χ3n) is 5.85. The maximum atomic E-state index is 13.1. The summed E-state index contributed by atoms with van der Waals surface area (Å²) >= 11 is 0. The molecular weight excluding hydrogens is 332 g/mol. The number of carbonyl (C=O) groups excluding carboxylic acids is 1. The number of rotatable bonds is 3. The third kappa shape index (κ3) is 2.79. The Hall–Kier alpha value is -2.63. The lowest BCUT2D eigenvalue weighted by Gasteiger charge is -2.33. The number of pyridine rings is 1. The van der Waals surface area contributed by atoms with Gasteiger partial charge >= 0.3 is 5.97 Å². The van der Waals surface area contributed by atoms with Crippen molar-refractivity contribution in [1.82, 2.24) is 9.47 Å². The number of nitrogens with zero attached hydrogens (tertiary/aromatic N) is 2. The van der Waals surface area contributed by atoms with Crippen molar-refractivity contribution in [2.45, 2.75) is 50.7 Å². The predicted molar refractivity (Wildman–Crippen MR) is 96.8 cm³/mol. The number of hydrogen-bond donors (Lipinski definition) is 1. The van der Waals surface area contributed by atoms with Crippen LogP contribution in [0.4, 0.5) is 0 Å². The normalized spacial score (nSPS) is 25.2. The molecule has 1 aromatic carbocycles. The molecule has 2 heterocycles. The number of aliphatic carboxylic acids is 1. The number of fused-ring (bicyclic) bond motifs is 2. The van der Waals surface area contributed by atoms with E-state index >= 15 is 0 Å². The number of carboxylic acid groups (broad SMARTS) is 1. The molecule has 0 radical (unpaired) electrons. The molecule has 6 nitrogen and oxygen atoms in total. The number of carboxylic acids is 1. The lowest BCUT2D eigenvalue weighted by Crippen LogP contribution is -2.47. The van der Waals surface area contributed by atoms with Crippen LogP contribution in [0.15, 0.2) is 41.3 Å². The van der Waals surface area contributed by atoms with Crippen LogP contribution in [0.25, 0.3) is 10.9 Å². The summed E-state index contributed by atoms with van der Waals surface area (Å²) in [6.45, 7) is 0.0494. The topological polar surface area (TPSA) is 79.6 Å². The van der Waals surface area contributed by atoms with Crippen molar-refractivity contribution in [2.75, 3.05) is 0 Å². The Balaban J connectivity index is 1.66. The van der Waals surface area contributed by atoms with E-state index in [4.69, 9.17) is 0 Å². The number of aromatic nitrogens is 1. The molecule has 136 valence electrons. The second kappa shape index (κ2) is 6.59. The highest BCUT2D eigenvalue weighted by molar-refractivity contribution is 5.86. The second-order valence-electron chi connectivity index (χ2n) is 7.33. The smallest absolute Gasteiger partial charge is 0.326 e. The first-order valence-corrected chi connectivity index (χ1v) is 9.18. The van der Waals surface area contributed by atoms with E-state index in [1.165, 1.54) is 6.07 Å². The molecule has 0 unspecified atom stereocenters. The third-order valence-corrected chi connectivity index (χ3v) is 5.85. The Bertz CT molecular complexity index is 919. The van der Waals surface area contributed by atoms with E-state index in [-0.39, 0.29) is 23.9 Å². The van der Waals surface area contributed by atoms with Crippen molar-refractivity contribution < 1.29 is 14.7 Å². The molecule has 1 amide bonds. The van der Waals surface area contributed by atoms with Crippen LogP contribution in [-0.4, -0.2) is 38.5 Å². The number of para-hydroxylation sites is 1. The van der Waals surface area contributed by atoms with Crippen molar-refractivity contribution in [3.05, 3.63) is 46.8 Å². The highest BCUT2D eigenvalue weighted by Crippen LogP contribution is 2.40. The molecule has 0 bridgehead atoms. The first kappa shape index (κ1) is 16.8. The average molecular weight is 354 g/mol. The molecule has 3 atom stereocenters. The van der Waals surface area contributed by atoms with Gasteiger partial charge in [-0.2, -0.15) is 0 Å². The van der Waals surface area contributed by atoms with Crippen LogP contribution >= 0.6 is 0 Å². The lowest BCUT2D eigenvalue weighted by atomic mass is 9.85. The predicted octanol–water partition coefficient (Wildman–Crippen LogP) is 2.25. The zero-order valence-electron chi connectivity index (χ0n) is 14.5. The van der Waals surface area contributed by atoms with Crippen LogP contribution in [0.5, 0.6) is 0 Å². The van der Waals surface area contributed by atoms with Gasteiger partial charge in [-0.1, -0.05) is 25.0 Å². The molecule has 1 N–H and O–H groups in total. The van der Waals surface area contributed by atoms with Crippen LogP contribution in [0.2, 0.25) is 0 Å². The Morgan fingerprint density at radius 2 is 1.88 bits per heavy atom. The summed E-state index contributed by atoms with van der Waals surface area (Å²) in [7, 11) is 0. The molecule has 1 saturated carbocycles. The molecule has 2 aliphatic rings. The Kier molecular flexibility index (Phi) is 4.26. The minimum absolute atomic E-state index is 0.0306. The van der Waals surface area contributed by atoms with E-state index in [0.29, 0.717) is 23.2 Å². The number of amides is 1. The van der Waals surface area contributed by atoms with Gasteiger partial charge in [0.05, 0.1) is 5.52 Å². The maximum Gasteiger partial charge on any atom is 0.326 e. The zero-order valence-corrected chi connectivity index (χ0v) is 14.5. The van der Waals surface area contributed by atoms with Gasteiger partial charge in [0.15, 0.2) is 5.43 Å². The van der Waals surface area contributed by atoms with Crippen molar-refractivity contribution in [3.63, 3.8) is 0 Å². The van der Waals surface area contributed by atoms with Gasteiger partial charge in [0.1, 0.15) is 12.6 Å². The van der Waals surface area contributed by atoms with Gasteiger partial charge in [-0.25, -0.2) is 4.79 Å². The Labute approximate surface area is 151 Å². The van der Waals surface area contributed by atoms with Gasteiger partial charge in [-0.15, -0.1) is 0 Å². The standard InChI is InChI=1S/C20H22N2O4/c23-18-9-10-21(16-8-4-2-6-14(16)18)12-19(24)22-15-7-3-1-5-13(15)11-17(22)20(25)26/h2,4,6,8-10,13,15,17H,1,3,5,7,11-12H2,(H,25,26)/t13-,15+,17+/m1/s1. The highest BCUT2D eigenvalue weighted by atomic mass is 16.4. The Morgan fingerprint density at radius 3 is 2.69 bits per heavy atom. The molecular formula is C20H22N2O4. The van der Waals surface area contributed by atoms with Gasteiger partial charge < -0.3 is 14.6 Å². The van der Waals surface area contributed by atoms with Gasteiger partial charge in [-0.05, 0) is 37.3 Å². The zero-order chi connectivity index (χ0) is 18.3. The van der Waals surface area contributed by atoms with Gasteiger partial charge in [-0.3, -0.25) is 9.59 Å².